The number of hydrogen-bond donors (Lipinski definition) is 1. The third-order valence-electron chi connectivity index (χ3n) is 4.23. The number of carboxylic acids is 1. The Hall–Kier alpha value is -2.28. The Morgan fingerprint density at radius 3 is 3.00 bits per heavy atom. The van der Waals surface area contributed by atoms with Crippen LogP contribution in [0, 0.1) is 5.92 Å². The van der Waals surface area contributed by atoms with Gasteiger partial charge in [-0.05, 0) is 18.6 Å². The molecule has 1 fully saturated rings. The van der Waals surface area contributed by atoms with Crippen LogP contribution in [0.3, 0.4) is 0 Å². The summed E-state index contributed by atoms with van der Waals surface area (Å²) >= 11 is 0. The largest absolute Gasteiger partial charge is 0.481 e. The minimum Gasteiger partial charge on any atom is -0.481 e. The third-order valence-corrected chi connectivity index (χ3v) is 4.23. The van der Waals surface area contributed by atoms with E-state index in [1.54, 1.807) is 18.7 Å². The Morgan fingerprint density at radius 2 is 2.32 bits per heavy atom. The van der Waals surface area contributed by atoms with Crippen molar-refractivity contribution in [3.05, 3.63) is 42.2 Å². The quantitative estimate of drug-likeness (QED) is 0.886. The van der Waals surface area contributed by atoms with E-state index in [1.807, 2.05) is 23.6 Å². The number of rotatable bonds is 5. The van der Waals surface area contributed by atoms with Crippen molar-refractivity contribution in [1.82, 2.24) is 24.6 Å². The van der Waals surface area contributed by atoms with Gasteiger partial charge in [-0.1, -0.05) is 6.07 Å². The summed E-state index contributed by atoms with van der Waals surface area (Å²) in [6.07, 6.45) is 5.17. The molecule has 1 aliphatic rings. The fraction of sp³-hybridized carbons (Fsp3) is 0.467. The van der Waals surface area contributed by atoms with Crippen LogP contribution in [-0.2, 0) is 17.9 Å². The average molecular weight is 301 g/mol. The maximum absolute atomic E-state index is 11.6. The molecule has 7 heteroatoms. The molecule has 3 rings (SSSR count). The van der Waals surface area contributed by atoms with Crippen molar-refractivity contribution in [2.45, 2.75) is 25.9 Å². The van der Waals surface area contributed by atoms with E-state index in [1.165, 1.54) is 0 Å². The fourth-order valence-corrected chi connectivity index (χ4v) is 3.06. The highest BCUT2D eigenvalue weighted by Gasteiger charge is 2.38. The second-order valence-electron chi connectivity index (χ2n) is 5.56. The Balaban J connectivity index is 1.77. The van der Waals surface area contributed by atoms with Gasteiger partial charge in [-0.25, -0.2) is 0 Å². The standard InChI is InChI=1S/C15H19N5O2/c1-2-20-10-17-18-14(20)9-19-7-12(13(8-19)15(21)22)11-4-3-5-16-6-11/h3-6,10,12-13H,2,7-9H2,1H3,(H,21,22)/t12-,13+/m0/s1. The molecule has 0 radical (unpaired) electrons. The van der Waals surface area contributed by atoms with Crippen LogP contribution in [0.25, 0.3) is 0 Å². The predicted molar refractivity (Wildman–Crippen MR) is 79.1 cm³/mol. The molecule has 7 nitrogen and oxygen atoms in total. The molecule has 1 aliphatic heterocycles. The van der Waals surface area contributed by atoms with E-state index in [2.05, 4.69) is 20.1 Å². The number of pyridine rings is 1. The van der Waals surface area contributed by atoms with E-state index in [9.17, 15) is 9.90 Å². The van der Waals surface area contributed by atoms with Crippen LogP contribution in [0.4, 0.5) is 0 Å². The number of nitrogens with zero attached hydrogens (tertiary/aromatic N) is 5. The Bertz CT molecular complexity index is 642. The maximum Gasteiger partial charge on any atom is 0.308 e. The molecule has 1 saturated heterocycles. The van der Waals surface area contributed by atoms with Crippen molar-refractivity contribution in [2.75, 3.05) is 13.1 Å². The molecular weight excluding hydrogens is 282 g/mol. The van der Waals surface area contributed by atoms with E-state index in [0.29, 0.717) is 19.6 Å². The summed E-state index contributed by atoms with van der Waals surface area (Å²) in [5.41, 5.74) is 0.981. The lowest BCUT2D eigenvalue weighted by Crippen LogP contribution is -2.24. The summed E-state index contributed by atoms with van der Waals surface area (Å²) in [6, 6.07) is 3.80. The van der Waals surface area contributed by atoms with Crippen molar-refractivity contribution >= 4 is 5.97 Å². The molecule has 0 amide bonds. The van der Waals surface area contributed by atoms with Crippen molar-refractivity contribution in [1.29, 1.82) is 0 Å². The second-order valence-corrected chi connectivity index (χ2v) is 5.56. The van der Waals surface area contributed by atoms with Gasteiger partial charge in [0, 0.05) is 37.9 Å². The number of aliphatic carboxylic acids is 1. The highest BCUT2D eigenvalue weighted by molar-refractivity contribution is 5.72. The van der Waals surface area contributed by atoms with Gasteiger partial charge in [-0.3, -0.25) is 14.7 Å². The van der Waals surface area contributed by atoms with E-state index < -0.39 is 11.9 Å². The van der Waals surface area contributed by atoms with E-state index in [0.717, 1.165) is 17.9 Å². The first-order valence-corrected chi connectivity index (χ1v) is 7.40. The van der Waals surface area contributed by atoms with Gasteiger partial charge in [0.15, 0.2) is 0 Å². The monoisotopic (exact) mass is 301 g/mol. The van der Waals surface area contributed by atoms with Gasteiger partial charge in [-0.2, -0.15) is 0 Å². The van der Waals surface area contributed by atoms with Crippen LogP contribution in [0.1, 0.15) is 24.2 Å². The van der Waals surface area contributed by atoms with Crippen molar-refractivity contribution in [3.63, 3.8) is 0 Å². The second kappa shape index (κ2) is 6.23. The molecule has 22 heavy (non-hydrogen) atoms. The number of carboxylic acid groups (broad SMARTS) is 1. The van der Waals surface area contributed by atoms with Gasteiger partial charge >= 0.3 is 5.97 Å². The zero-order chi connectivity index (χ0) is 15.5. The van der Waals surface area contributed by atoms with Gasteiger partial charge in [-0.15, -0.1) is 10.2 Å². The zero-order valence-electron chi connectivity index (χ0n) is 12.5. The topological polar surface area (TPSA) is 84.1 Å². The molecule has 2 aromatic heterocycles. The summed E-state index contributed by atoms with van der Waals surface area (Å²) < 4.78 is 1.98. The first-order valence-electron chi connectivity index (χ1n) is 7.40. The van der Waals surface area contributed by atoms with Crippen LogP contribution in [0.2, 0.25) is 0 Å². The van der Waals surface area contributed by atoms with Gasteiger partial charge in [0.2, 0.25) is 0 Å². The fourth-order valence-electron chi connectivity index (χ4n) is 3.06. The Kier molecular flexibility index (Phi) is 4.15. The Morgan fingerprint density at radius 1 is 1.45 bits per heavy atom. The van der Waals surface area contributed by atoms with E-state index in [4.69, 9.17) is 0 Å². The molecule has 2 aromatic rings. The van der Waals surface area contributed by atoms with Crippen LogP contribution < -0.4 is 0 Å². The number of aryl methyl sites for hydroxylation is 1. The highest BCUT2D eigenvalue weighted by Crippen LogP contribution is 2.33. The molecule has 2 atom stereocenters. The maximum atomic E-state index is 11.6. The van der Waals surface area contributed by atoms with Gasteiger partial charge < -0.3 is 9.67 Å². The molecule has 0 saturated carbocycles. The lowest BCUT2D eigenvalue weighted by Gasteiger charge is -2.15. The molecule has 0 bridgehead atoms. The van der Waals surface area contributed by atoms with Gasteiger partial charge in [0.25, 0.3) is 0 Å². The number of hydrogen-bond acceptors (Lipinski definition) is 5. The number of likely N-dealkylation sites (tertiary alicyclic amines) is 1. The van der Waals surface area contributed by atoms with Crippen LogP contribution in [0.15, 0.2) is 30.9 Å². The molecule has 0 aromatic carbocycles. The summed E-state index contributed by atoms with van der Waals surface area (Å²) in [5, 5.41) is 17.6. The molecule has 0 unspecified atom stereocenters. The average Bonchev–Trinajstić information content (AvgIpc) is 3.15. The minimum atomic E-state index is -0.756. The SMILES string of the molecule is CCn1cnnc1CN1C[C@@H](C(=O)O)[C@H](c2cccnc2)C1. The molecule has 116 valence electrons. The van der Waals surface area contributed by atoms with Crippen LogP contribution in [-0.4, -0.2) is 48.8 Å². The summed E-state index contributed by atoms with van der Waals surface area (Å²) in [5.74, 6) is -0.335. The molecule has 0 aliphatic carbocycles. The van der Waals surface area contributed by atoms with Crippen LogP contribution in [0.5, 0.6) is 0 Å². The highest BCUT2D eigenvalue weighted by atomic mass is 16.4. The normalized spacial score (nSPS) is 22.0. The first-order chi connectivity index (χ1) is 10.7. The lowest BCUT2D eigenvalue weighted by atomic mass is 9.90. The van der Waals surface area contributed by atoms with Gasteiger partial charge in [0.1, 0.15) is 12.2 Å². The van der Waals surface area contributed by atoms with Crippen molar-refractivity contribution in [2.24, 2.45) is 5.92 Å². The first kappa shape index (κ1) is 14.6. The van der Waals surface area contributed by atoms with Crippen LogP contribution >= 0.6 is 0 Å². The lowest BCUT2D eigenvalue weighted by molar-refractivity contribution is -0.141. The molecule has 3 heterocycles. The molecular formula is C15H19N5O2. The summed E-state index contributed by atoms with van der Waals surface area (Å²) in [4.78, 5) is 17.8. The van der Waals surface area contributed by atoms with E-state index >= 15 is 0 Å². The third kappa shape index (κ3) is 2.85. The summed E-state index contributed by atoms with van der Waals surface area (Å²) in [6.45, 7) is 4.68. The number of aromatic nitrogens is 4. The molecule has 0 spiro atoms. The molecule has 1 N–H and O–H groups in total. The predicted octanol–water partition coefficient (Wildman–Crippen LogP) is 0.993. The van der Waals surface area contributed by atoms with Crippen molar-refractivity contribution < 1.29 is 9.90 Å². The zero-order valence-corrected chi connectivity index (χ0v) is 12.5. The number of carbonyl (C=O) groups is 1. The minimum absolute atomic E-state index is 0.0378. The Labute approximate surface area is 128 Å². The van der Waals surface area contributed by atoms with Crippen molar-refractivity contribution in [3.8, 4) is 0 Å². The van der Waals surface area contributed by atoms with E-state index in [-0.39, 0.29) is 5.92 Å². The van der Waals surface area contributed by atoms with Gasteiger partial charge in [0.05, 0.1) is 12.5 Å². The smallest absolute Gasteiger partial charge is 0.308 e. The summed E-state index contributed by atoms with van der Waals surface area (Å²) in [7, 11) is 0.